The Morgan fingerprint density at radius 2 is 1.85 bits per heavy atom. The molecule has 0 aliphatic rings. The molecule has 0 spiro atoms. The zero-order chi connectivity index (χ0) is 18.9. The van der Waals surface area contributed by atoms with Crippen molar-refractivity contribution in [3.8, 4) is 17.0 Å². The Labute approximate surface area is 150 Å². The minimum atomic E-state index is -4.45. The number of pyridine rings is 1. The monoisotopic (exact) mass is 379 g/mol. The highest BCUT2D eigenvalue weighted by Gasteiger charge is 2.29. The first kappa shape index (κ1) is 18.1. The summed E-state index contributed by atoms with van der Waals surface area (Å²) in [6, 6.07) is 13.0. The van der Waals surface area contributed by atoms with Gasteiger partial charge in [0, 0.05) is 21.4 Å². The van der Waals surface area contributed by atoms with Gasteiger partial charge in [0.15, 0.2) is 0 Å². The number of carbonyl (C=O) groups is 1. The zero-order valence-electron chi connectivity index (χ0n) is 13.4. The van der Waals surface area contributed by atoms with E-state index in [0.29, 0.717) is 16.8 Å². The number of halogens is 3. The fourth-order valence-corrected chi connectivity index (χ4v) is 3.18. The van der Waals surface area contributed by atoms with Gasteiger partial charge < -0.3 is 9.84 Å². The Kier molecular flexibility index (Phi) is 4.78. The topological polar surface area (TPSA) is 59.4 Å². The van der Waals surface area contributed by atoms with Gasteiger partial charge in [-0.3, -0.25) is 0 Å². The Balaban J connectivity index is 2.23. The van der Waals surface area contributed by atoms with Crippen LogP contribution in [0.4, 0.5) is 18.0 Å². The number of hydrogen-bond acceptors (Lipinski definition) is 4. The first-order valence-corrected chi connectivity index (χ1v) is 8.22. The van der Waals surface area contributed by atoms with Crippen LogP contribution in [0.2, 0.25) is 0 Å². The maximum Gasteiger partial charge on any atom is 0.511 e. The van der Waals surface area contributed by atoms with Gasteiger partial charge in [-0.05, 0) is 36.9 Å². The SMILES string of the molecule is Cc1c(-c2ccccc2)nc2ccc(SC(F)(F)F)cc2c1OC(=O)O. The summed E-state index contributed by atoms with van der Waals surface area (Å²) in [6.45, 7) is 1.62. The van der Waals surface area contributed by atoms with Gasteiger partial charge in [-0.1, -0.05) is 30.3 Å². The number of aromatic nitrogens is 1. The van der Waals surface area contributed by atoms with Crippen molar-refractivity contribution in [3.63, 3.8) is 0 Å². The summed E-state index contributed by atoms with van der Waals surface area (Å²) in [5.41, 5.74) is -2.42. The molecule has 2 aromatic carbocycles. The molecular weight excluding hydrogens is 367 g/mol. The van der Waals surface area contributed by atoms with Crippen molar-refractivity contribution >= 4 is 28.8 Å². The van der Waals surface area contributed by atoms with Gasteiger partial charge >= 0.3 is 11.7 Å². The normalized spacial score (nSPS) is 11.5. The number of ether oxygens (including phenoxy) is 1. The lowest BCUT2D eigenvalue weighted by Gasteiger charge is -2.14. The third-order valence-electron chi connectivity index (χ3n) is 3.61. The summed E-state index contributed by atoms with van der Waals surface area (Å²) in [6.07, 6.45) is -1.55. The quantitative estimate of drug-likeness (QED) is 0.455. The third kappa shape index (κ3) is 3.91. The number of fused-ring (bicyclic) bond motifs is 1. The van der Waals surface area contributed by atoms with E-state index in [2.05, 4.69) is 4.98 Å². The van der Waals surface area contributed by atoms with Gasteiger partial charge in [0.05, 0.1) is 11.2 Å². The van der Waals surface area contributed by atoms with Crippen molar-refractivity contribution in [1.29, 1.82) is 0 Å². The first-order valence-electron chi connectivity index (χ1n) is 7.41. The second-order valence-electron chi connectivity index (χ2n) is 5.38. The Morgan fingerprint density at radius 1 is 1.15 bits per heavy atom. The van der Waals surface area contributed by atoms with E-state index in [-0.39, 0.29) is 27.8 Å². The van der Waals surface area contributed by atoms with Crippen LogP contribution in [-0.4, -0.2) is 21.8 Å². The van der Waals surface area contributed by atoms with E-state index in [1.807, 2.05) is 6.07 Å². The van der Waals surface area contributed by atoms with Gasteiger partial charge in [0.2, 0.25) is 0 Å². The molecule has 8 heteroatoms. The molecule has 3 aromatic rings. The predicted molar refractivity (Wildman–Crippen MR) is 92.5 cm³/mol. The van der Waals surface area contributed by atoms with Crippen LogP contribution in [0.5, 0.6) is 5.75 Å². The second kappa shape index (κ2) is 6.87. The molecule has 0 unspecified atom stereocenters. The van der Waals surface area contributed by atoms with E-state index in [9.17, 15) is 18.0 Å². The van der Waals surface area contributed by atoms with Crippen molar-refractivity contribution in [2.45, 2.75) is 17.3 Å². The Bertz CT molecular complexity index is 975. The van der Waals surface area contributed by atoms with Crippen molar-refractivity contribution in [2.24, 2.45) is 0 Å². The van der Waals surface area contributed by atoms with Crippen LogP contribution in [-0.2, 0) is 0 Å². The molecule has 0 radical (unpaired) electrons. The molecule has 134 valence electrons. The molecular formula is C18H12F3NO3S. The molecule has 1 heterocycles. The van der Waals surface area contributed by atoms with Gasteiger partial charge in [0.1, 0.15) is 5.75 Å². The Hall–Kier alpha value is -2.74. The van der Waals surface area contributed by atoms with Gasteiger partial charge in [-0.15, -0.1) is 0 Å². The zero-order valence-corrected chi connectivity index (χ0v) is 14.2. The molecule has 0 bridgehead atoms. The maximum atomic E-state index is 12.6. The average Bonchev–Trinajstić information content (AvgIpc) is 2.56. The molecule has 0 amide bonds. The van der Waals surface area contributed by atoms with Crippen molar-refractivity contribution in [2.75, 3.05) is 0 Å². The van der Waals surface area contributed by atoms with E-state index in [1.165, 1.54) is 18.2 Å². The molecule has 1 N–H and O–H groups in total. The smallest absolute Gasteiger partial charge is 0.449 e. The van der Waals surface area contributed by atoms with Crippen molar-refractivity contribution < 1.29 is 27.8 Å². The second-order valence-corrected chi connectivity index (χ2v) is 6.51. The maximum absolute atomic E-state index is 12.6. The summed E-state index contributed by atoms with van der Waals surface area (Å²) in [7, 11) is 0. The van der Waals surface area contributed by atoms with E-state index in [0.717, 1.165) is 5.56 Å². The van der Waals surface area contributed by atoms with E-state index in [1.54, 1.807) is 31.2 Å². The summed E-state index contributed by atoms with van der Waals surface area (Å²) in [4.78, 5) is 15.5. The fourth-order valence-electron chi connectivity index (χ4n) is 2.60. The minimum absolute atomic E-state index is 0.0222. The van der Waals surface area contributed by atoms with E-state index >= 15 is 0 Å². The number of benzene rings is 2. The van der Waals surface area contributed by atoms with E-state index < -0.39 is 11.7 Å². The molecule has 0 aliphatic carbocycles. The standard InChI is InChI=1S/C18H12F3NO3S/c1-10-15(11-5-3-2-4-6-11)22-14-8-7-12(26-18(19,20)21)9-13(14)16(10)25-17(23)24/h2-9H,1H3,(H,23,24). The molecule has 0 fully saturated rings. The lowest BCUT2D eigenvalue weighted by atomic mass is 10.0. The van der Waals surface area contributed by atoms with Crippen LogP contribution in [0.3, 0.4) is 0 Å². The summed E-state index contributed by atoms with van der Waals surface area (Å²) >= 11 is -0.281. The average molecular weight is 379 g/mol. The van der Waals surface area contributed by atoms with Crippen molar-refractivity contribution in [1.82, 2.24) is 4.98 Å². The number of rotatable bonds is 3. The summed E-state index contributed by atoms with van der Waals surface area (Å²) in [5, 5.41) is 9.25. The van der Waals surface area contributed by atoms with E-state index in [4.69, 9.17) is 9.84 Å². The molecule has 1 aromatic heterocycles. The minimum Gasteiger partial charge on any atom is -0.449 e. The van der Waals surface area contributed by atoms with Gasteiger partial charge in [-0.25, -0.2) is 9.78 Å². The first-order chi connectivity index (χ1) is 12.2. The Morgan fingerprint density at radius 3 is 2.46 bits per heavy atom. The van der Waals surface area contributed by atoms with Gasteiger partial charge in [0.25, 0.3) is 0 Å². The number of carboxylic acid groups (broad SMARTS) is 1. The molecule has 0 aliphatic heterocycles. The third-order valence-corrected chi connectivity index (χ3v) is 4.33. The fraction of sp³-hybridized carbons (Fsp3) is 0.111. The van der Waals surface area contributed by atoms with Crippen LogP contribution in [0.1, 0.15) is 5.56 Å². The predicted octanol–water partition coefficient (Wildman–Crippen LogP) is 5.88. The largest absolute Gasteiger partial charge is 0.511 e. The highest BCUT2D eigenvalue weighted by atomic mass is 32.2. The highest BCUT2D eigenvalue weighted by Crippen LogP contribution is 2.41. The molecule has 4 nitrogen and oxygen atoms in total. The van der Waals surface area contributed by atoms with Gasteiger partial charge in [-0.2, -0.15) is 13.2 Å². The number of alkyl halides is 3. The number of thioether (sulfide) groups is 1. The molecule has 0 saturated carbocycles. The van der Waals surface area contributed by atoms with Crippen LogP contribution in [0, 0.1) is 6.92 Å². The summed E-state index contributed by atoms with van der Waals surface area (Å²) in [5.74, 6) is -0.0222. The molecule has 0 atom stereocenters. The molecule has 3 rings (SSSR count). The van der Waals surface area contributed by atoms with Crippen LogP contribution >= 0.6 is 11.8 Å². The lowest BCUT2D eigenvalue weighted by molar-refractivity contribution is -0.0328. The molecule has 0 saturated heterocycles. The molecule has 26 heavy (non-hydrogen) atoms. The summed E-state index contributed by atoms with van der Waals surface area (Å²) < 4.78 is 42.8. The highest BCUT2D eigenvalue weighted by molar-refractivity contribution is 8.00. The lowest BCUT2D eigenvalue weighted by Crippen LogP contribution is -2.07. The van der Waals surface area contributed by atoms with Crippen LogP contribution < -0.4 is 4.74 Å². The number of hydrogen-bond donors (Lipinski definition) is 1. The number of nitrogens with zero attached hydrogens (tertiary/aromatic N) is 1. The van der Waals surface area contributed by atoms with Crippen molar-refractivity contribution in [3.05, 3.63) is 54.1 Å². The van der Waals surface area contributed by atoms with Crippen LogP contribution in [0.15, 0.2) is 53.4 Å². The van der Waals surface area contributed by atoms with Crippen LogP contribution in [0.25, 0.3) is 22.2 Å².